The van der Waals surface area contributed by atoms with Gasteiger partial charge in [0.05, 0.1) is 0 Å². The van der Waals surface area contributed by atoms with Crippen LogP contribution in [-0.2, 0) is 4.79 Å². The first kappa shape index (κ1) is 16.2. The summed E-state index contributed by atoms with van der Waals surface area (Å²) in [6, 6.07) is 0. The van der Waals surface area contributed by atoms with Crippen LogP contribution in [0.3, 0.4) is 0 Å². The van der Waals surface area contributed by atoms with Crippen LogP contribution in [0.1, 0.15) is 71.6 Å². The molecule has 0 aromatic carbocycles. The zero-order chi connectivity index (χ0) is 12.9. The van der Waals surface area contributed by atoms with E-state index < -0.39 is 5.97 Å². The van der Waals surface area contributed by atoms with Crippen molar-refractivity contribution in [1.29, 1.82) is 0 Å². The third kappa shape index (κ3) is 15.2. The molecule has 100 valence electrons. The third-order valence-electron chi connectivity index (χ3n) is 2.84. The van der Waals surface area contributed by atoms with Crippen LogP contribution in [0.25, 0.3) is 0 Å². The fourth-order valence-corrected chi connectivity index (χ4v) is 1.79. The number of rotatable bonds is 11. The zero-order valence-corrected chi connectivity index (χ0v) is 11.5. The molecule has 0 aromatic rings. The Labute approximate surface area is 106 Å². The van der Waals surface area contributed by atoms with E-state index in [1.54, 1.807) is 0 Å². The first-order chi connectivity index (χ1) is 8.13. The summed E-state index contributed by atoms with van der Waals surface area (Å²) < 4.78 is 0. The molecule has 0 rings (SSSR count). The molecule has 17 heavy (non-hydrogen) atoms. The maximum Gasteiger partial charge on any atom is 0.303 e. The number of hydrogen-bond acceptors (Lipinski definition) is 1. The maximum atomic E-state index is 10.2. The fraction of sp³-hybridized carbons (Fsp3) is 0.800. The minimum atomic E-state index is -0.709. The SMILES string of the molecule is CC(C)CCCCCCCC=CCCC(=O)O. The van der Waals surface area contributed by atoms with Crippen LogP contribution in [-0.4, -0.2) is 11.1 Å². The summed E-state index contributed by atoms with van der Waals surface area (Å²) in [5, 5.41) is 8.44. The van der Waals surface area contributed by atoms with Crippen LogP contribution < -0.4 is 0 Å². The van der Waals surface area contributed by atoms with E-state index in [4.69, 9.17) is 5.11 Å². The lowest BCUT2D eigenvalue weighted by molar-refractivity contribution is -0.136. The molecule has 0 radical (unpaired) electrons. The summed E-state index contributed by atoms with van der Waals surface area (Å²) in [6.45, 7) is 4.56. The van der Waals surface area contributed by atoms with E-state index in [1.165, 1.54) is 38.5 Å². The van der Waals surface area contributed by atoms with Crippen molar-refractivity contribution in [1.82, 2.24) is 0 Å². The fourth-order valence-electron chi connectivity index (χ4n) is 1.79. The summed E-state index contributed by atoms with van der Waals surface area (Å²) in [5.74, 6) is 0.131. The Kier molecular flexibility index (Phi) is 11.1. The number of unbranched alkanes of at least 4 members (excludes halogenated alkanes) is 5. The average molecular weight is 240 g/mol. The summed E-state index contributed by atoms with van der Waals surface area (Å²) in [7, 11) is 0. The molecule has 0 aromatic heterocycles. The summed E-state index contributed by atoms with van der Waals surface area (Å²) >= 11 is 0. The Hall–Kier alpha value is -0.790. The minimum Gasteiger partial charge on any atom is -0.481 e. The average Bonchev–Trinajstić information content (AvgIpc) is 2.25. The lowest BCUT2D eigenvalue weighted by Gasteiger charge is -2.03. The number of hydrogen-bond donors (Lipinski definition) is 1. The van der Waals surface area contributed by atoms with Gasteiger partial charge in [0.1, 0.15) is 0 Å². The molecule has 0 amide bonds. The molecule has 0 bridgehead atoms. The molecule has 0 aliphatic heterocycles. The molecule has 0 atom stereocenters. The molecule has 0 saturated carbocycles. The number of carboxylic acids is 1. The van der Waals surface area contributed by atoms with Gasteiger partial charge in [-0.3, -0.25) is 4.79 Å². The van der Waals surface area contributed by atoms with Gasteiger partial charge >= 0.3 is 5.97 Å². The van der Waals surface area contributed by atoms with E-state index in [-0.39, 0.29) is 6.42 Å². The Balaban J connectivity index is 3.10. The van der Waals surface area contributed by atoms with Crippen molar-refractivity contribution in [3.8, 4) is 0 Å². The predicted molar refractivity (Wildman–Crippen MR) is 73.2 cm³/mol. The van der Waals surface area contributed by atoms with Crippen LogP contribution in [0.4, 0.5) is 0 Å². The molecule has 0 aliphatic carbocycles. The summed E-state index contributed by atoms with van der Waals surface area (Å²) in [6.07, 6.45) is 14.1. The normalized spacial score (nSPS) is 11.5. The highest BCUT2D eigenvalue weighted by molar-refractivity contribution is 5.66. The molecule has 0 spiro atoms. The number of carboxylic acid groups (broad SMARTS) is 1. The van der Waals surface area contributed by atoms with Crippen LogP contribution in [0.15, 0.2) is 12.2 Å². The molecule has 2 nitrogen and oxygen atoms in total. The van der Waals surface area contributed by atoms with Gasteiger partial charge in [-0.15, -0.1) is 0 Å². The van der Waals surface area contributed by atoms with E-state index in [9.17, 15) is 4.79 Å². The molecule has 0 aliphatic rings. The maximum absolute atomic E-state index is 10.2. The Morgan fingerprint density at radius 3 is 2.24 bits per heavy atom. The van der Waals surface area contributed by atoms with Crippen molar-refractivity contribution in [2.45, 2.75) is 71.6 Å². The van der Waals surface area contributed by atoms with Crippen molar-refractivity contribution >= 4 is 5.97 Å². The van der Waals surface area contributed by atoms with Crippen LogP contribution in [0.5, 0.6) is 0 Å². The van der Waals surface area contributed by atoms with Gasteiger partial charge in [0.25, 0.3) is 0 Å². The first-order valence-corrected chi connectivity index (χ1v) is 6.99. The van der Waals surface area contributed by atoms with Crippen LogP contribution in [0, 0.1) is 5.92 Å². The van der Waals surface area contributed by atoms with Crippen molar-refractivity contribution in [2.24, 2.45) is 5.92 Å². The van der Waals surface area contributed by atoms with Gasteiger partial charge in [-0.1, -0.05) is 58.1 Å². The lowest BCUT2D eigenvalue weighted by Crippen LogP contribution is -1.91. The standard InChI is InChI=1S/C15H28O2/c1-14(2)12-10-8-6-4-3-5-7-9-11-13-15(16)17/h7,9,14H,3-6,8,10-13H2,1-2H3,(H,16,17). The first-order valence-electron chi connectivity index (χ1n) is 6.99. The molecule has 2 heteroatoms. The van der Waals surface area contributed by atoms with E-state index in [0.717, 1.165) is 12.3 Å². The molecule has 1 N–H and O–H groups in total. The third-order valence-corrected chi connectivity index (χ3v) is 2.84. The van der Waals surface area contributed by atoms with Crippen molar-refractivity contribution in [3.05, 3.63) is 12.2 Å². The number of allylic oxidation sites excluding steroid dienone is 2. The monoisotopic (exact) mass is 240 g/mol. The topological polar surface area (TPSA) is 37.3 Å². The molecule has 0 fully saturated rings. The van der Waals surface area contributed by atoms with Gasteiger partial charge in [-0.05, 0) is 25.2 Å². The molecule has 0 unspecified atom stereocenters. The Morgan fingerprint density at radius 1 is 1.00 bits per heavy atom. The second-order valence-electron chi connectivity index (χ2n) is 5.14. The molecule has 0 heterocycles. The van der Waals surface area contributed by atoms with E-state index in [2.05, 4.69) is 19.9 Å². The minimum absolute atomic E-state index is 0.256. The van der Waals surface area contributed by atoms with E-state index in [1.807, 2.05) is 6.08 Å². The van der Waals surface area contributed by atoms with Crippen LogP contribution in [0.2, 0.25) is 0 Å². The second kappa shape index (κ2) is 11.7. The number of carbonyl (C=O) groups is 1. The molecular weight excluding hydrogens is 212 g/mol. The quantitative estimate of drug-likeness (QED) is 0.416. The Bertz CT molecular complexity index is 207. The van der Waals surface area contributed by atoms with Crippen LogP contribution >= 0.6 is 0 Å². The zero-order valence-electron chi connectivity index (χ0n) is 11.5. The predicted octanol–water partition coefficient (Wildman–Crippen LogP) is 4.79. The Morgan fingerprint density at radius 2 is 1.59 bits per heavy atom. The van der Waals surface area contributed by atoms with Gasteiger partial charge < -0.3 is 5.11 Å². The highest BCUT2D eigenvalue weighted by Gasteiger charge is 1.94. The molecular formula is C15H28O2. The lowest BCUT2D eigenvalue weighted by atomic mass is 10.0. The van der Waals surface area contributed by atoms with E-state index >= 15 is 0 Å². The van der Waals surface area contributed by atoms with Crippen molar-refractivity contribution in [3.63, 3.8) is 0 Å². The van der Waals surface area contributed by atoms with Gasteiger partial charge in [-0.2, -0.15) is 0 Å². The smallest absolute Gasteiger partial charge is 0.303 e. The van der Waals surface area contributed by atoms with Gasteiger partial charge in [0, 0.05) is 6.42 Å². The summed E-state index contributed by atoms with van der Waals surface area (Å²) in [5.41, 5.74) is 0. The van der Waals surface area contributed by atoms with E-state index in [0.29, 0.717) is 6.42 Å². The van der Waals surface area contributed by atoms with Crippen molar-refractivity contribution < 1.29 is 9.90 Å². The highest BCUT2D eigenvalue weighted by Crippen LogP contribution is 2.11. The second-order valence-corrected chi connectivity index (χ2v) is 5.14. The van der Waals surface area contributed by atoms with Gasteiger partial charge in [-0.25, -0.2) is 0 Å². The highest BCUT2D eigenvalue weighted by atomic mass is 16.4. The summed E-state index contributed by atoms with van der Waals surface area (Å²) in [4.78, 5) is 10.2. The molecule has 0 saturated heterocycles. The van der Waals surface area contributed by atoms with Gasteiger partial charge in [0.2, 0.25) is 0 Å². The largest absolute Gasteiger partial charge is 0.481 e. The number of aliphatic carboxylic acids is 1. The van der Waals surface area contributed by atoms with Gasteiger partial charge in [0.15, 0.2) is 0 Å². The van der Waals surface area contributed by atoms with Crippen molar-refractivity contribution in [2.75, 3.05) is 0 Å².